The summed E-state index contributed by atoms with van der Waals surface area (Å²) in [5.74, 6) is 0. The summed E-state index contributed by atoms with van der Waals surface area (Å²) in [5, 5.41) is 0. The van der Waals surface area contributed by atoms with Crippen LogP contribution in [-0.4, -0.2) is 40.3 Å². The Morgan fingerprint density at radius 1 is 1.05 bits per heavy atom. The quantitative estimate of drug-likeness (QED) is 0.847. The molecule has 0 bridgehead atoms. The van der Waals surface area contributed by atoms with Gasteiger partial charge in [-0.1, -0.05) is 6.92 Å². The van der Waals surface area contributed by atoms with Crippen molar-refractivity contribution in [2.75, 3.05) is 13.1 Å². The standard InChI is InChI=1S/C14H22N2O4S2/c1-3-12(2)15-21(17,18)13-6-8-14(9-7-13)22(19,20)16-10-4-5-11-16/h6-9,12,15H,3-5,10-11H2,1-2H3. The molecule has 1 aromatic carbocycles. The van der Waals surface area contributed by atoms with Crippen molar-refractivity contribution in [3.63, 3.8) is 0 Å². The molecule has 6 nitrogen and oxygen atoms in total. The third kappa shape index (κ3) is 3.68. The fraction of sp³-hybridized carbons (Fsp3) is 0.571. The molecule has 1 fully saturated rings. The number of nitrogens with zero attached hydrogens (tertiary/aromatic N) is 1. The van der Waals surface area contributed by atoms with Crippen LogP contribution in [0.15, 0.2) is 34.1 Å². The first-order chi connectivity index (χ1) is 10.3. The Balaban J connectivity index is 2.23. The number of rotatable bonds is 6. The summed E-state index contributed by atoms with van der Waals surface area (Å²) in [6.07, 6.45) is 2.41. The summed E-state index contributed by atoms with van der Waals surface area (Å²) < 4.78 is 53.0. The molecule has 0 spiro atoms. The Morgan fingerprint density at radius 3 is 2.05 bits per heavy atom. The molecule has 1 aromatic rings. The maximum Gasteiger partial charge on any atom is 0.243 e. The van der Waals surface area contributed by atoms with E-state index in [4.69, 9.17) is 0 Å². The van der Waals surface area contributed by atoms with E-state index in [9.17, 15) is 16.8 Å². The molecule has 1 saturated heterocycles. The maximum absolute atomic E-state index is 12.4. The molecule has 8 heteroatoms. The molecule has 1 heterocycles. The van der Waals surface area contributed by atoms with Crippen LogP contribution in [0.2, 0.25) is 0 Å². The summed E-state index contributed by atoms with van der Waals surface area (Å²) in [7, 11) is -7.12. The van der Waals surface area contributed by atoms with Gasteiger partial charge in [0.25, 0.3) is 0 Å². The van der Waals surface area contributed by atoms with Gasteiger partial charge in [0.2, 0.25) is 20.0 Å². The number of benzene rings is 1. The van der Waals surface area contributed by atoms with Crippen LogP contribution in [0, 0.1) is 0 Å². The van der Waals surface area contributed by atoms with Crippen LogP contribution in [0.25, 0.3) is 0 Å². The molecule has 1 unspecified atom stereocenters. The molecule has 22 heavy (non-hydrogen) atoms. The number of hydrogen-bond acceptors (Lipinski definition) is 4. The lowest BCUT2D eigenvalue weighted by Crippen LogP contribution is -2.32. The predicted molar refractivity (Wildman–Crippen MR) is 84.5 cm³/mol. The first-order valence-electron chi connectivity index (χ1n) is 7.40. The van der Waals surface area contributed by atoms with Crippen molar-refractivity contribution in [3.05, 3.63) is 24.3 Å². The van der Waals surface area contributed by atoms with Gasteiger partial charge in [-0.3, -0.25) is 0 Å². The van der Waals surface area contributed by atoms with Gasteiger partial charge in [0, 0.05) is 19.1 Å². The SMILES string of the molecule is CCC(C)NS(=O)(=O)c1ccc(S(=O)(=O)N2CCCC2)cc1. The molecular formula is C14H22N2O4S2. The van der Waals surface area contributed by atoms with Gasteiger partial charge in [-0.15, -0.1) is 0 Å². The van der Waals surface area contributed by atoms with E-state index < -0.39 is 20.0 Å². The van der Waals surface area contributed by atoms with Gasteiger partial charge in [0.05, 0.1) is 9.79 Å². The van der Waals surface area contributed by atoms with Crippen LogP contribution in [0.1, 0.15) is 33.1 Å². The second-order valence-corrected chi connectivity index (χ2v) is 9.17. The fourth-order valence-corrected chi connectivity index (χ4v) is 5.13. The third-order valence-electron chi connectivity index (χ3n) is 3.81. The van der Waals surface area contributed by atoms with Gasteiger partial charge < -0.3 is 0 Å². The first-order valence-corrected chi connectivity index (χ1v) is 10.3. The van der Waals surface area contributed by atoms with Crippen molar-refractivity contribution < 1.29 is 16.8 Å². The smallest absolute Gasteiger partial charge is 0.208 e. The summed E-state index contributed by atoms with van der Waals surface area (Å²) in [6, 6.07) is 5.23. The Kier molecular flexibility index (Phi) is 5.26. The van der Waals surface area contributed by atoms with Crippen molar-refractivity contribution >= 4 is 20.0 Å². The molecule has 0 saturated carbocycles. The monoisotopic (exact) mass is 346 g/mol. The highest BCUT2D eigenvalue weighted by atomic mass is 32.2. The van der Waals surface area contributed by atoms with Crippen LogP contribution in [-0.2, 0) is 20.0 Å². The maximum atomic E-state index is 12.4. The van der Waals surface area contributed by atoms with E-state index in [0.29, 0.717) is 19.5 Å². The van der Waals surface area contributed by atoms with E-state index in [1.807, 2.05) is 6.92 Å². The zero-order valence-corrected chi connectivity index (χ0v) is 14.5. The van der Waals surface area contributed by atoms with Crippen LogP contribution in [0.5, 0.6) is 0 Å². The van der Waals surface area contributed by atoms with Crippen LogP contribution < -0.4 is 4.72 Å². The van der Waals surface area contributed by atoms with Gasteiger partial charge in [-0.25, -0.2) is 21.6 Å². The normalized spacial score (nSPS) is 18.5. The van der Waals surface area contributed by atoms with Crippen LogP contribution in [0.4, 0.5) is 0 Å². The van der Waals surface area contributed by atoms with E-state index in [0.717, 1.165) is 12.8 Å². The van der Waals surface area contributed by atoms with Crippen molar-refractivity contribution in [1.82, 2.24) is 9.03 Å². The molecule has 0 aromatic heterocycles. The van der Waals surface area contributed by atoms with E-state index >= 15 is 0 Å². The second kappa shape index (κ2) is 6.66. The molecule has 0 amide bonds. The molecular weight excluding hydrogens is 324 g/mol. The topological polar surface area (TPSA) is 83.5 Å². The van der Waals surface area contributed by atoms with Crippen LogP contribution >= 0.6 is 0 Å². The number of nitrogens with one attached hydrogen (secondary N) is 1. The van der Waals surface area contributed by atoms with Gasteiger partial charge >= 0.3 is 0 Å². The lowest BCUT2D eigenvalue weighted by Gasteiger charge is -2.16. The Hall–Kier alpha value is -0.960. The molecule has 1 atom stereocenters. The highest BCUT2D eigenvalue weighted by Crippen LogP contribution is 2.22. The van der Waals surface area contributed by atoms with E-state index in [1.165, 1.54) is 28.6 Å². The fourth-order valence-electron chi connectivity index (χ4n) is 2.28. The lowest BCUT2D eigenvalue weighted by molar-refractivity contribution is 0.477. The molecule has 0 aliphatic carbocycles. The van der Waals surface area contributed by atoms with Crippen LogP contribution in [0.3, 0.4) is 0 Å². The van der Waals surface area contributed by atoms with Gasteiger partial charge in [-0.05, 0) is 50.5 Å². The van der Waals surface area contributed by atoms with Crippen molar-refractivity contribution in [2.45, 2.75) is 48.9 Å². The molecule has 0 radical (unpaired) electrons. The predicted octanol–water partition coefficient (Wildman–Crippen LogP) is 1.55. The average molecular weight is 346 g/mol. The molecule has 124 valence electrons. The lowest BCUT2D eigenvalue weighted by atomic mass is 10.3. The van der Waals surface area contributed by atoms with Gasteiger partial charge in [0.1, 0.15) is 0 Å². The first kappa shape index (κ1) is 17.4. The number of hydrogen-bond donors (Lipinski definition) is 1. The van der Waals surface area contributed by atoms with Crippen molar-refractivity contribution in [2.24, 2.45) is 0 Å². The van der Waals surface area contributed by atoms with Gasteiger partial charge in [0.15, 0.2) is 0 Å². The zero-order chi connectivity index (χ0) is 16.4. The Labute approximate surface area is 132 Å². The molecule has 1 aliphatic heterocycles. The Morgan fingerprint density at radius 2 is 1.55 bits per heavy atom. The van der Waals surface area contributed by atoms with Crippen molar-refractivity contribution in [3.8, 4) is 0 Å². The molecule has 1 N–H and O–H groups in total. The Bertz CT molecular complexity index is 706. The summed E-state index contributed by atoms with van der Waals surface area (Å²) in [5.41, 5.74) is 0. The summed E-state index contributed by atoms with van der Waals surface area (Å²) >= 11 is 0. The highest BCUT2D eigenvalue weighted by Gasteiger charge is 2.27. The van der Waals surface area contributed by atoms with Crippen molar-refractivity contribution in [1.29, 1.82) is 0 Å². The summed E-state index contributed by atoms with van der Waals surface area (Å²) in [6.45, 7) is 4.72. The second-order valence-electron chi connectivity index (χ2n) is 5.51. The minimum atomic E-state index is -3.61. The van der Waals surface area contributed by atoms with E-state index in [1.54, 1.807) is 6.92 Å². The van der Waals surface area contributed by atoms with Gasteiger partial charge in [-0.2, -0.15) is 4.31 Å². The summed E-state index contributed by atoms with van der Waals surface area (Å²) in [4.78, 5) is 0.213. The average Bonchev–Trinajstić information content (AvgIpc) is 3.02. The largest absolute Gasteiger partial charge is 0.243 e. The molecule has 1 aliphatic rings. The highest BCUT2D eigenvalue weighted by molar-refractivity contribution is 7.89. The minimum Gasteiger partial charge on any atom is -0.208 e. The van der Waals surface area contributed by atoms with E-state index in [-0.39, 0.29) is 15.8 Å². The minimum absolute atomic E-state index is 0.0770. The molecule has 2 rings (SSSR count). The number of sulfonamides is 2. The zero-order valence-electron chi connectivity index (χ0n) is 12.8. The van der Waals surface area contributed by atoms with E-state index in [2.05, 4.69) is 4.72 Å². The third-order valence-corrected chi connectivity index (χ3v) is 7.32.